The van der Waals surface area contributed by atoms with Crippen LogP contribution in [0.15, 0.2) is 42.5 Å². The number of methoxy groups -OCH3 is 1. The molecule has 3 rings (SSSR count). The number of ether oxygens (including phenoxy) is 2. The van der Waals surface area contributed by atoms with Crippen LogP contribution in [0.4, 0.5) is 5.69 Å². The van der Waals surface area contributed by atoms with E-state index in [2.05, 4.69) is 21.4 Å². The lowest BCUT2D eigenvalue weighted by molar-refractivity contribution is -0.136. The summed E-state index contributed by atoms with van der Waals surface area (Å²) in [5, 5.41) is 5.21. The van der Waals surface area contributed by atoms with E-state index in [4.69, 9.17) is 4.74 Å². The van der Waals surface area contributed by atoms with E-state index in [0.717, 1.165) is 23.3 Å². The Morgan fingerprint density at radius 3 is 2.50 bits per heavy atom. The number of nitrogens with one attached hydrogen (secondary N) is 2. The second-order valence-electron chi connectivity index (χ2n) is 7.18. The van der Waals surface area contributed by atoms with Crippen molar-refractivity contribution in [1.82, 2.24) is 10.2 Å². The van der Waals surface area contributed by atoms with Gasteiger partial charge in [-0.1, -0.05) is 12.1 Å². The summed E-state index contributed by atoms with van der Waals surface area (Å²) in [4.78, 5) is 37.9. The maximum Gasteiger partial charge on any atom is 0.337 e. The summed E-state index contributed by atoms with van der Waals surface area (Å²) < 4.78 is 10.2. The number of nitrogens with zero attached hydrogens (tertiary/aromatic N) is 1. The number of hydrogen-bond acceptors (Lipinski definition) is 6. The molecule has 0 saturated heterocycles. The van der Waals surface area contributed by atoms with Gasteiger partial charge in [-0.15, -0.1) is 0 Å². The normalized spacial score (nSPS) is 13.2. The molecule has 8 nitrogen and oxygen atoms in total. The van der Waals surface area contributed by atoms with Gasteiger partial charge >= 0.3 is 17.8 Å². The standard InChI is InChI=1S/C22H25N3O5/c1-25(2)18(15-6-9-19-16(12-15)10-11-30-19)13-23-20(26)21(27)24-17-7-4-14(5-8-17)22(28)29-3/h4-9,12,18H,10-11,13H2,1-3H3,(H,23,26)(H,24,27)/t18-/m1/s1. The minimum Gasteiger partial charge on any atom is -0.493 e. The summed E-state index contributed by atoms with van der Waals surface area (Å²) in [6.45, 7) is 0.961. The van der Waals surface area contributed by atoms with Crippen LogP contribution in [0.25, 0.3) is 0 Å². The molecule has 158 valence electrons. The van der Waals surface area contributed by atoms with Crippen molar-refractivity contribution in [3.05, 3.63) is 59.2 Å². The van der Waals surface area contributed by atoms with Crippen molar-refractivity contribution in [2.24, 2.45) is 0 Å². The number of amides is 2. The third-order valence-electron chi connectivity index (χ3n) is 4.95. The van der Waals surface area contributed by atoms with Crippen LogP contribution in [0.2, 0.25) is 0 Å². The smallest absolute Gasteiger partial charge is 0.337 e. The van der Waals surface area contributed by atoms with E-state index in [9.17, 15) is 14.4 Å². The number of rotatable bonds is 6. The molecule has 0 aliphatic carbocycles. The zero-order valence-electron chi connectivity index (χ0n) is 17.2. The lowest BCUT2D eigenvalue weighted by Gasteiger charge is -2.25. The van der Waals surface area contributed by atoms with Gasteiger partial charge in [0.2, 0.25) is 0 Å². The second-order valence-corrected chi connectivity index (χ2v) is 7.18. The Morgan fingerprint density at radius 2 is 1.83 bits per heavy atom. The van der Waals surface area contributed by atoms with Crippen molar-refractivity contribution in [1.29, 1.82) is 0 Å². The van der Waals surface area contributed by atoms with E-state index in [1.54, 1.807) is 0 Å². The minimum absolute atomic E-state index is 0.0908. The average molecular weight is 411 g/mol. The Morgan fingerprint density at radius 1 is 1.10 bits per heavy atom. The van der Waals surface area contributed by atoms with Gasteiger partial charge in [-0.3, -0.25) is 9.59 Å². The molecule has 30 heavy (non-hydrogen) atoms. The van der Waals surface area contributed by atoms with Crippen LogP contribution < -0.4 is 15.4 Å². The predicted molar refractivity (Wildman–Crippen MR) is 111 cm³/mol. The third kappa shape index (κ3) is 4.96. The first kappa shape index (κ1) is 21.3. The van der Waals surface area contributed by atoms with Gasteiger partial charge in [0, 0.05) is 18.7 Å². The van der Waals surface area contributed by atoms with Crippen LogP contribution in [0.1, 0.15) is 27.5 Å². The maximum absolute atomic E-state index is 12.3. The van der Waals surface area contributed by atoms with E-state index >= 15 is 0 Å². The molecule has 0 radical (unpaired) electrons. The summed E-state index contributed by atoms with van der Waals surface area (Å²) in [5.41, 5.74) is 2.96. The molecule has 0 aromatic heterocycles. The van der Waals surface area contributed by atoms with Gasteiger partial charge < -0.3 is 25.0 Å². The van der Waals surface area contributed by atoms with E-state index in [1.807, 2.05) is 31.1 Å². The molecular formula is C22H25N3O5. The van der Waals surface area contributed by atoms with Crippen molar-refractivity contribution in [2.45, 2.75) is 12.5 Å². The molecule has 8 heteroatoms. The summed E-state index contributed by atoms with van der Waals surface area (Å²) in [7, 11) is 5.13. The van der Waals surface area contributed by atoms with Gasteiger partial charge in [0.1, 0.15) is 5.75 Å². The fourth-order valence-electron chi connectivity index (χ4n) is 3.28. The largest absolute Gasteiger partial charge is 0.493 e. The van der Waals surface area contributed by atoms with Crippen LogP contribution in [-0.4, -0.2) is 57.0 Å². The Hall–Kier alpha value is -3.39. The van der Waals surface area contributed by atoms with Gasteiger partial charge in [0.25, 0.3) is 0 Å². The Kier molecular flexibility index (Phi) is 6.68. The number of benzene rings is 2. The number of carbonyl (C=O) groups is 3. The quantitative estimate of drug-likeness (QED) is 0.556. The Balaban J connectivity index is 1.58. The molecule has 2 N–H and O–H groups in total. The molecule has 1 atom stereocenters. The first-order valence-corrected chi connectivity index (χ1v) is 9.58. The molecule has 0 spiro atoms. The molecule has 2 amide bonds. The molecule has 0 unspecified atom stereocenters. The highest BCUT2D eigenvalue weighted by molar-refractivity contribution is 6.39. The summed E-state index contributed by atoms with van der Waals surface area (Å²) in [5.74, 6) is -1.08. The first-order chi connectivity index (χ1) is 14.4. The van der Waals surface area contributed by atoms with Crippen molar-refractivity contribution in [3.63, 3.8) is 0 Å². The Labute approximate surface area is 175 Å². The molecule has 2 aromatic carbocycles. The van der Waals surface area contributed by atoms with Gasteiger partial charge in [-0.2, -0.15) is 0 Å². The summed E-state index contributed by atoms with van der Waals surface area (Å²) in [6.07, 6.45) is 0.868. The number of hydrogen-bond donors (Lipinski definition) is 2. The van der Waals surface area contributed by atoms with Gasteiger partial charge in [-0.25, -0.2) is 4.79 Å². The van der Waals surface area contributed by atoms with Gasteiger partial charge in [0.05, 0.1) is 25.3 Å². The first-order valence-electron chi connectivity index (χ1n) is 9.58. The molecule has 1 aliphatic rings. The molecule has 1 aliphatic heterocycles. The SMILES string of the molecule is COC(=O)c1ccc(NC(=O)C(=O)NC[C@H](c2ccc3c(c2)CCO3)N(C)C)cc1. The van der Waals surface area contributed by atoms with Crippen LogP contribution in [-0.2, 0) is 20.7 Å². The van der Waals surface area contributed by atoms with E-state index in [0.29, 0.717) is 17.9 Å². The van der Waals surface area contributed by atoms with Crippen molar-refractivity contribution >= 4 is 23.5 Å². The summed E-state index contributed by atoms with van der Waals surface area (Å²) >= 11 is 0. The molecule has 0 fully saturated rings. The summed E-state index contributed by atoms with van der Waals surface area (Å²) in [6, 6.07) is 12.0. The van der Waals surface area contributed by atoms with Crippen LogP contribution in [0.5, 0.6) is 5.75 Å². The number of carbonyl (C=O) groups excluding carboxylic acids is 3. The van der Waals surface area contributed by atoms with Gasteiger partial charge in [0.15, 0.2) is 0 Å². The zero-order valence-corrected chi connectivity index (χ0v) is 17.2. The molecule has 2 aromatic rings. The second kappa shape index (κ2) is 9.41. The number of anilines is 1. The fraction of sp³-hybridized carbons (Fsp3) is 0.318. The van der Waals surface area contributed by atoms with E-state index < -0.39 is 17.8 Å². The van der Waals surface area contributed by atoms with Crippen LogP contribution >= 0.6 is 0 Å². The highest BCUT2D eigenvalue weighted by Crippen LogP contribution is 2.29. The van der Waals surface area contributed by atoms with Crippen molar-refractivity contribution in [3.8, 4) is 5.75 Å². The number of esters is 1. The molecule has 0 saturated carbocycles. The highest BCUT2D eigenvalue weighted by Gasteiger charge is 2.21. The van der Waals surface area contributed by atoms with Crippen LogP contribution in [0, 0.1) is 0 Å². The average Bonchev–Trinajstić information content (AvgIpc) is 3.21. The molecular weight excluding hydrogens is 386 g/mol. The van der Waals surface area contributed by atoms with Crippen molar-refractivity contribution < 1.29 is 23.9 Å². The zero-order chi connectivity index (χ0) is 21.7. The maximum atomic E-state index is 12.3. The van der Waals surface area contributed by atoms with E-state index in [-0.39, 0.29) is 12.6 Å². The molecule has 1 heterocycles. The number of fused-ring (bicyclic) bond motifs is 1. The molecule has 0 bridgehead atoms. The lowest BCUT2D eigenvalue weighted by atomic mass is 10.0. The van der Waals surface area contributed by atoms with E-state index in [1.165, 1.54) is 31.4 Å². The predicted octanol–water partition coefficient (Wildman–Crippen LogP) is 1.77. The monoisotopic (exact) mass is 411 g/mol. The topological polar surface area (TPSA) is 97.0 Å². The third-order valence-corrected chi connectivity index (χ3v) is 4.95. The highest BCUT2D eigenvalue weighted by atomic mass is 16.5. The lowest BCUT2D eigenvalue weighted by Crippen LogP contribution is -2.40. The Bertz CT molecular complexity index is 940. The van der Waals surface area contributed by atoms with Gasteiger partial charge in [-0.05, 0) is 55.6 Å². The van der Waals surface area contributed by atoms with Crippen LogP contribution in [0.3, 0.4) is 0 Å². The number of likely N-dealkylation sites (N-methyl/N-ethyl adjacent to an activating group) is 1. The minimum atomic E-state index is -0.777. The fourth-order valence-corrected chi connectivity index (χ4v) is 3.28. The van der Waals surface area contributed by atoms with Crippen molar-refractivity contribution in [2.75, 3.05) is 39.7 Å².